The largest absolute Gasteiger partial charge is 0.480 e. The lowest BCUT2D eigenvalue weighted by Gasteiger charge is -2.42. The number of benzene rings is 2. The number of carbonyl (C=O) groups is 3. The number of nitrogens with zero attached hydrogens (tertiary/aromatic N) is 1. The number of esters is 1. The van der Waals surface area contributed by atoms with E-state index in [4.69, 9.17) is 71.9 Å². The monoisotopic (exact) mass is 647 g/mol. The van der Waals surface area contributed by atoms with E-state index in [2.05, 4.69) is 10.6 Å². The Labute approximate surface area is 281 Å². The van der Waals surface area contributed by atoms with Crippen LogP contribution in [0.1, 0.15) is 31.9 Å². The minimum atomic E-state index is -2.54. The van der Waals surface area contributed by atoms with Crippen molar-refractivity contribution in [1.82, 2.24) is 10.6 Å². The molecule has 0 fully saturated rings. The Morgan fingerprint density at radius 1 is 0.800 bits per heavy atom. The van der Waals surface area contributed by atoms with Crippen LogP contribution in [0.5, 0.6) is 0 Å². The summed E-state index contributed by atoms with van der Waals surface area (Å²) >= 11 is 11.9. The normalized spacial score (nSPS) is 13.3. The van der Waals surface area contributed by atoms with Crippen LogP contribution in [0.3, 0.4) is 0 Å². The molecule has 45 heavy (non-hydrogen) atoms. The lowest BCUT2D eigenvalue weighted by Crippen LogP contribution is -2.56. The van der Waals surface area contributed by atoms with E-state index in [0.29, 0.717) is 36.0 Å². The fourth-order valence-corrected chi connectivity index (χ4v) is 4.37. The maximum Gasteiger partial charge on any atom is 0.408 e. The number of hydrogen-bond donors (Lipinski definition) is 2. The number of alkyl carbamates (subject to hydrolysis) is 1. The SMILES string of the molecule is [B]C([B])([B])C([B])([B])OC(=O)[C@H](Cc1ccc(F)cc1)NC(=O)[C@H](Cc1ccc(N(CCCl)CCCl)cc1)NC(=O)OC(C)(C)C. The van der Waals surface area contributed by atoms with Gasteiger partial charge in [-0.05, 0) is 56.2 Å². The summed E-state index contributed by atoms with van der Waals surface area (Å²) in [6.07, 6.45) is -1.04. The Hall–Kier alpha value is -2.72. The van der Waals surface area contributed by atoms with Gasteiger partial charge in [0.05, 0.1) is 23.5 Å². The highest BCUT2D eigenvalue weighted by Crippen LogP contribution is 2.27. The maximum absolute atomic E-state index is 13.7. The Morgan fingerprint density at radius 2 is 1.29 bits per heavy atom. The lowest BCUT2D eigenvalue weighted by molar-refractivity contribution is -0.151. The zero-order chi connectivity index (χ0) is 34.0. The summed E-state index contributed by atoms with van der Waals surface area (Å²) in [4.78, 5) is 41.7. The Morgan fingerprint density at radius 3 is 1.76 bits per heavy atom. The van der Waals surface area contributed by atoms with Gasteiger partial charge in [0.15, 0.2) is 0 Å². The van der Waals surface area contributed by atoms with Crippen LogP contribution in [0.4, 0.5) is 14.9 Å². The third-order valence-corrected chi connectivity index (χ3v) is 6.70. The van der Waals surface area contributed by atoms with E-state index in [1.165, 1.54) is 24.3 Å². The molecule has 0 spiro atoms. The minimum Gasteiger partial charge on any atom is -0.480 e. The molecule has 2 aromatic carbocycles. The van der Waals surface area contributed by atoms with Gasteiger partial charge in [0.1, 0.15) is 39.2 Å². The molecule has 2 atom stereocenters. The zero-order valence-corrected chi connectivity index (χ0v) is 27.0. The number of amides is 2. The van der Waals surface area contributed by atoms with Crippen molar-refractivity contribution in [3.63, 3.8) is 0 Å². The van der Waals surface area contributed by atoms with Crippen LogP contribution in [0, 0.1) is 5.82 Å². The summed E-state index contributed by atoms with van der Waals surface area (Å²) in [7, 11) is 28.1. The second kappa shape index (κ2) is 16.7. The molecule has 8 nitrogen and oxygen atoms in total. The highest BCUT2D eigenvalue weighted by Gasteiger charge is 2.37. The van der Waals surface area contributed by atoms with Crippen molar-refractivity contribution in [2.45, 2.75) is 61.8 Å². The molecule has 0 heterocycles. The fraction of sp³-hybridized carbons (Fsp3) is 0.483. The maximum atomic E-state index is 13.7. The van der Waals surface area contributed by atoms with E-state index in [9.17, 15) is 18.8 Å². The Balaban J connectivity index is 2.38. The van der Waals surface area contributed by atoms with Gasteiger partial charge in [0.25, 0.3) is 0 Å². The molecule has 0 saturated carbocycles. The number of halogens is 3. The molecule has 2 rings (SSSR count). The van der Waals surface area contributed by atoms with Gasteiger partial charge in [-0.2, -0.15) is 0 Å². The van der Waals surface area contributed by atoms with Gasteiger partial charge in [-0.25, -0.2) is 14.0 Å². The highest BCUT2D eigenvalue weighted by atomic mass is 35.5. The summed E-state index contributed by atoms with van der Waals surface area (Å²) in [5.74, 6) is -1.62. The molecule has 2 amide bonds. The van der Waals surface area contributed by atoms with Gasteiger partial charge in [-0.3, -0.25) is 4.79 Å². The topological polar surface area (TPSA) is 97.0 Å². The lowest BCUT2D eigenvalue weighted by atomic mass is 9.28. The third-order valence-electron chi connectivity index (χ3n) is 6.36. The molecule has 0 aliphatic heterocycles. The zero-order valence-electron chi connectivity index (χ0n) is 25.5. The first-order valence-electron chi connectivity index (χ1n) is 14.0. The van der Waals surface area contributed by atoms with Crippen molar-refractivity contribution < 1.29 is 28.2 Å². The number of nitrogens with one attached hydrogen (secondary N) is 2. The molecule has 0 bridgehead atoms. The fourth-order valence-electron chi connectivity index (χ4n) is 3.96. The van der Waals surface area contributed by atoms with E-state index >= 15 is 0 Å². The molecule has 230 valence electrons. The average molecular weight is 648 g/mol. The van der Waals surface area contributed by atoms with Crippen molar-refractivity contribution >= 4 is 86.1 Å². The molecule has 0 aliphatic carbocycles. The van der Waals surface area contributed by atoms with Crippen LogP contribution in [0.2, 0.25) is 5.11 Å². The molecule has 16 heteroatoms. The van der Waals surface area contributed by atoms with E-state index < -0.39 is 52.0 Å². The second-order valence-corrected chi connectivity index (χ2v) is 12.2. The predicted molar refractivity (Wildman–Crippen MR) is 179 cm³/mol. The van der Waals surface area contributed by atoms with E-state index in [-0.39, 0.29) is 12.8 Å². The van der Waals surface area contributed by atoms with Gasteiger partial charge in [-0.1, -0.05) is 24.3 Å². The molecular weight excluding hydrogens is 614 g/mol. The molecule has 10 radical (unpaired) electrons. The summed E-state index contributed by atoms with van der Waals surface area (Å²) < 4.78 is 24.0. The van der Waals surface area contributed by atoms with E-state index in [0.717, 1.165) is 5.69 Å². The summed E-state index contributed by atoms with van der Waals surface area (Å²) in [6.45, 7) is 6.16. The van der Waals surface area contributed by atoms with Crippen LogP contribution in [0.25, 0.3) is 0 Å². The van der Waals surface area contributed by atoms with Gasteiger partial charge in [0, 0.05) is 48.8 Å². The molecular formula is C29H33B5Cl2FN3O5. The minimum absolute atomic E-state index is 0.00388. The number of ether oxygens (including phenoxy) is 2. The smallest absolute Gasteiger partial charge is 0.408 e. The highest BCUT2D eigenvalue weighted by molar-refractivity contribution is 6.67. The molecule has 0 unspecified atom stereocenters. The van der Waals surface area contributed by atoms with Crippen LogP contribution in [-0.2, 0) is 31.9 Å². The van der Waals surface area contributed by atoms with Crippen LogP contribution in [-0.4, -0.2) is 105 Å². The summed E-state index contributed by atoms with van der Waals surface area (Å²) in [5.41, 5.74) is 1.13. The summed E-state index contributed by atoms with van der Waals surface area (Å²) in [6, 6.07) is 9.76. The average Bonchev–Trinajstić information content (AvgIpc) is 2.92. The first kappa shape index (κ1) is 38.5. The van der Waals surface area contributed by atoms with E-state index in [1.54, 1.807) is 32.9 Å². The third kappa shape index (κ3) is 12.9. The Bertz CT molecular complexity index is 1270. The van der Waals surface area contributed by atoms with Gasteiger partial charge >= 0.3 is 12.1 Å². The van der Waals surface area contributed by atoms with Crippen LogP contribution in [0.15, 0.2) is 48.5 Å². The van der Waals surface area contributed by atoms with Gasteiger partial charge < -0.3 is 25.0 Å². The first-order chi connectivity index (χ1) is 20.8. The molecule has 2 aromatic rings. The van der Waals surface area contributed by atoms with Crippen LogP contribution < -0.4 is 15.5 Å². The Kier molecular flexibility index (Phi) is 14.3. The van der Waals surface area contributed by atoms with Gasteiger partial charge in [0.2, 0.25) is 5.91 Å². The van der Waals surface area contributed by atoms with Crippen molar-refractivity contribution in [2.24, 2.45) is 0 Å². The quantitative estimate of drug-likeness (QED) is 0.175. The van der Waals surface area contributed by atoms with Crippen molar-refractivity contribution in [1.29, 1.82) is 0 Å². The second-order valence-electron chi connectivity index (χ2n) is 11.5. The number of alkyl halides is 2. The molecule has 0 aromatic heterocycles. The summed E-state index contributed by atoms with van der Waals surface area (Å²) in [5, 5.41) is 0.236. The standard InChI is InChI=1S/C29H33B5Cl2FN3O5/c1-27(2,3)45-26(43)39-22(16-19-6-10-21(11-7-19)40(14-12-35)15-13-36)24(41)38-23(17-18-4-8-20(37)9-5-18)25(42)44-29(33,34)28(30,31)32/h4-11,22-23H,12-17H2,1-3H3,(H,38,41)(H,39,43)/t22-,23-/m0/s1. The van der Waals surface area contributed by atoms with Crippen molar-refractivity contribution in [3.05, 3.63) is 65.5 Å². The van der Waals surface area contributed by atoms with Crippen molar-refractivity contribution in [3.8, 4) is 0 Å². The number of hydrogen-bond acceptors (Lipinski definition) is 6. The predicted octanol–water partition coefficient (Wildman–Crippen LogP) is 2.39. The van der Waals surface area contributed by atoms with Gasteiger partial charge in [-0.15, -0.1) is 28.3 Å². The molecule has 0 saturated heterocycles. The number of carbonyl (C=O) groups excluding carboxylic acids is 3. The molecule has 0 aliphatic rings. The van der Waals surface area contributed by atoms with Crippen molar-refractivity contribution in [2.75, 3.05) is 29.7 Å². The number of anilines is 1. The van der Waals surface area contributed by atoms with E-state index in [1.807, 2.05) is 17.0 Å². The first-order valence-corrected chi connectivity index (χ1v) is 15.1. The van der Waals surface area contributed by atoms with Crippen LogP contribution >= 0.6 is 23.2 Å². The number of rotatable bonds is 15. The molecule has 2 N–H and O–H groups in total.